The van der Waals surface area contributed by atoms with Crippen molar-refractivity contribution in [2.24, 2.45) is 29.1 Å². The Kier molecular flexibility index (Phi) is 6.44. The fourth-order valence-corrected chi connectivity index (χ4v) is 6.63. The van der Waals surface area contributed by atoms with Crippen LogP contribution in [0, 0.1) is 29.1 Å². The first-order valence-electron chi connectivity index (χ1n) is 12.1. The van der Waals surface area contributed by atoms with Gasteiger partial charge in [0.25, 0.3) is 0 Å². The average Bonchev–Trinajstić information content (AvgIpc) is 3.49. The Hall–Kier alpha value is -1.16. The van der Waals surface area contributed by atoms with Gasteiger partial charge in [0.15, 0.2) is 0 Å². The fourth-order valence-electron chi connectivity index (χ4n) is 6.63. The second kappa shape index (κ2) is 8.76. The lowest BCUT2D eigenvalue weighted by atomic mass is 9.61. The van der Waals surface area contributed by atoms with Crippen LogP contribution in [0.15, 0.2) is 47.6 Å². The van der Waals surface area contributed by atoms with Crippen molar-refractivity contribution in [3.63, 3.8) is 0 Å². The van der Waals surface area contributed by atoms with Gasteiger partial charge in [0.1, 0.15) is 0 Å². The summed E-state index contributed by atoms with van der Waals surface area (Å²) in [7, 11) is 0. The number of allylic oxidation sites excluding steroid dienone is 4. The molecule has 0 aromatic rings. The third-order valence-electron chi connectivity index (χ3n) is 8.65. The zero-order chi connectivity index (χ0) is 21.5. The van der Waals surface area contributed by atoms with E-state index in [0.29, 0.717) is 41.9 Å². The van der Waals surface area contributed by atoms with E-state index in [1.165, 1.54) is 44.1 Å². The van der Waals surface area contributed by atoms with Gasteiger partial charge in [0, 0.05) is 6.42 Å². The molecule has 0 saturated heterocycles. The molecule has 1 unspecified atom stereocenters. The molecule has 3 nitrogen and oxygen atoms in total. The maximum atomic E-state index is 10.2. The maximum Gasteiger partial charge on any atom is 0.0811 e. The molecule has 4 aliphatic carbocycles. The van der Waals surface area contributed by atoms with Crippen LogP contribution in [0.1, 0.15) is 71.6 Å². The second-order valence-electron chi connectivity index (χ2n) is 10.7. The van der Waals surface area contributed by atoms with Gasteiger partial charge in [0.05, 0.1) is 18.3 Å². The van der Waals surface area contributed by atoms with Crippen molar-refractivity contribution in [1.29, 1.82) is 0 Å². The summed E-state index contributed by atoms with van der Waals surface area (Å²) in [6.45, 7) is 8.88. The molecule has 4 aliphatic rings. The largest absolute Gasteiger partial charge is 0.393 e. The Labute approximate surface area is 182 Å². The summed E-state index contributed by atoms with van der Waals surface area (Å²) in [5, 5.41) is 30.4. The van der Waals surface area contributed by atoms with Gasteiger partial charge in [-0.3, -0.25) is 0 Å². The summed E-state index contributed by atoms with van der Waals surface area (Å²) in [6, 6.07) is 0. The normalized spacial score (nSPS) is 42.1. The number of aliphatic hydroxyl groups is 3. The first-order valence-corrected chi connectivity index (χ1v) is 12.1. The number of hydrogen-bond donors (Lipinski definition) is 3. The van der Waals surface area contributed by atoms with Gasteiger partial charge in [-0.1, -0.05) is 50.3 Å². The van der Waals surface area contributed by atoms with E-state index in [4.69, 9.17) is 0 Å². The highest BCUT2D eigenvalue weighted by molar-refractivity contribution is 5.38. The van der Waals surface area contributed by atoms with E-state index in [0.717, 1.165) is 17.6 Å². The van der Waals surface area contributed by atoms with Crippen LogP contribution in [-0.2, 0) is 0 Å². The van der Waals surface area contributed by atoms with E-state index in [-0.39, 0.29) is 6.10 Å². The smallest absolute Gasteiger partial charge is 0.0811 e. The monoisotopic (exact) mass is 412 g/mol. The molecule has 0 heterocycles. The average molecular weight is 413 g/mol. The molecular formula is C27H40O3. The van der Waals surface area contributed by atoms with Crippen LogP contribution >= 0.6 is 0 Å². The summed E-state index contributed by atoms with van der Waals surface area (Å²) < 4.78 is 0. The summed E-state index contributed by atoms with van der Waals surface area (Å²) >= 11 is 0. The van der Waals surface area contributed by atoms with Gasteiger partial charge in [0.2, 0.25) is 0 Å². The fraction of sp³-hybridized carbons (Fsp3) is 0.704. The van der Waals surface area contributed by atoms with Crippen molar-refractivity contribution < 1.29 is 15.3 Å². The van der Waals surface area contributed by atoms with Crippen LogP contribution in [0.2, 0.25) is 0 Å². The Morgan fingerprint density at radius 3 is 2.60 bits per heavy atom. The van der Waals surface area contributed by atoms with Crippen molar-refractivity contribution in [2.45, 2.75) is 89.9 Å². The molecule has 0 aliphatic heterocycles. The molecule has 166 valence electrons. The number of aliphatic hydroxyl groups excluding tert-OH is 3. The van der Waals surface area contributed by atoms with Crippen LogP contribution in [-0.4, -0.2) is 33.6 Å². The van der Waals surface area contributed by atoms with Crippen molar-refractivity contribution in [2.75, 3.05) is 0 Å². The predicted molar refractivity (Wildman–Crippen MR) is 122 cm³/mol. The molecule has 0 amide bonds. The van der Waals surface area contributed by atoms with Gasteiger partial charge in [-0.05, 0) is 91.6 Å². The minimum atomic E-state index is -0.621. The maximum absolute atomic E-state index is 10.2. The first-order chi connectivity index (χ1) is 14.3. The lowest BCUT2D eigenvalue weighted by Crippen LogP contribution is -2.35. The van der Waals surface area contributed by atoms with Crippen LogP contribution in [0.4, 0.5) is 0 Å². The lowest BCUT2D eigenvalue weighted by Gasteiger charge is -2.44. The molecule has 3 N–H and O–H groups in total. The molecule has 3 heteroatoms. The zero-order valence-corrected chi connectivity index (χ0v) is 18.8. The van der Waals surface area contributed by atoms with Crippen LogP contribution < -0.4 is 0 Å². The van der Waals surface area contributed by atoms with Crippen LogP contribution in [0.5, 0.6) is 0 Å². The van der Waals surface area contributed by atoms with Crippen molar-refractivity contribution in [3.05, 3.63) is 47.6 Å². The van der Waals surface area contributed by atoms with E-state index in [9.17, 15) is 15.3 Å². The van der Waals surface area contributed by atoms with Crippen molar-refractivity contribution >= 4 is 0 Å². The van der Waals surface area contributed by atoms with Gasteiger partial charge >= 0.3 is 0 Å². The Balaban J connectivity index is 1.48. The highest BCUT2D eigenvalue weighted by atomic mass is 16.3. The van der Waals surface area contributed by atoms with Crippen LogP contribution in [0.3, 0.4) is 0 Å². The molecule has 0 aromatic carbocycles. The Morgan fingerprint density at radius 1 is 1.10 bits per heavy atom. The molecule has 7 atom stereocenters. The predicted octanol–water partition coefficient (Wildman–Crippen LogP) is 5.09. The molecule has 0 radical (unpaired) electrons. The quantitative estimate of drug-likeness (QED) is 0.551. The molecule has 4 saturated carbocycles. The topological polar surface area (TPSA) is 60.7 Å². The van der Waals surface area contributed by atoms with Gasteiger partial charge in [-0.25, -0.2) is 0 Å². The van der Waals surface area contributed by atoms with E-state index in [1.54, 1.807) is 0 Å². The van der Waals surface area contributed by atoms with Gasteiger partial charge < -0.3 is 15.3 Å². The molecule has 30 heavy (non-hydrogen) atoms. The lowest BCUT2D eigenvalue weighted by molar-refractivity contribution is 0.0862. The highest BCUT2D eigenvalue weighted by Gasteiger charge is 2.50. The molecule has 0 bridgehead atoms. The molecule has 0 aromatic heterocycles. The molecule has 0 spiro atoms. The Bertz CT molecular complexity index is 743. The number of rotatable bonds is 5. The summed E-state index contributed by atoms with van der Waals surface area (Å²) in [5.74, 6) is 2.28. The minimum absolute atomic E-state index is 0.250. The molecular weight excluding hydrogens is 372 g/mol. The minimum Gasteiger partial charge on any atom is -0.393 e. The van der Waals surface area contributed by atoms with E-state index in [1.807, 2.05) is 0 Å². The summed E-state index contributed by atoms with van der Waals surface area (Å²) in [4.78, 5) is 0. The van der Waals surface area contributed by atoms with E-state index in [2.05, 4.69) is 44.7 Å². The first kappa shape index (κ1) is 22.0. The number of hydrogen-bond acceptors (Lipinski definition) is 3. The van der Waals surface area contributed by atoms with Crippen LogP contribution in [0.25, 0.3) is 0 Å². The third kappa shape index (κ3) is 4.40. The van der Waals surface area contributed by atoms with Gasteiger partial charge in [-0.15, -0.1) is 0 Å². The second-order valence-corrected chi connectivity index (χ2v) is 10.7. The molecule has 4 fully saturated rings. The zero-order valence-electron chi connectivity index (χ0n) is 18.8. The van der Waals surface area contributed by atoms with E-state index >= 15 is 0 Å². The van der Waals surface area contributed by atoms with Crippen molar-refractivity contribution in [1.82, 2.24) is 0 Å². The number of fused-ring (bicyclic) bond motifs is 1. The Morgan fingerprint density at radius 2 is 1.87 bits per heavy atom. The standard InChI is InChI=1S/C27H40O3/c1-17(6-13-25(29)20-8-9-20)23-11-12-24-19(5-4-14-27(23,24)3)7-10-21-15-22(28)16-26(30)18(21)2/h6-7,10,13,17,20,22-26,28-30H,2,4-5,8-9,11-12,14-16H2,1,3H3/b13-6+,19-7+,21-10-/t17-,22-,23-,24+,25-,26?,27-/m1/s1. The highest BCUT2D eigenvalue weighted by Crippen LogP contribution is 2.59. The third-order valence-corrected chi connectivity index (χ3v) is 8.65. The summed E-state index contributed by atoms with van der Waals surface area (Å²) in [6.07, 6.45) is 16.9. The summed E-state index contributed by atoms with van der Waals surface area (Å²) in [5.41, 5.74) is 3.63. The molecule has 4 rings (SSSR count). The van der Waals surface area contributed by atoms with Gasteiger partial charge in [-0.2, -0.15) is 0 Å². The van der Waals surface area contributed by atoms with E-state index < -0.39 is 12.2 Å². The SMILES string of the molecule is C=C1/C(=C\C=C2/CCC[C@]3(C)[C@@H]([C@H](C)/C=C/[C@@H](O)C4CC4)CC[C@@H]23)C[C@@H](O)CC1O. The van der Waals surface area contributed by atoms with Crippen molar-refractivity contribution in [3.8, 4) is 0 Å².